The van der Waals surface area contributed by atoms with Gasteiger partial charge in [-0.25, -0.2) is 4.39 Å². The summed E-state index contributed by atoms with van der Waals surface area (Å²) in [5, 5.41) is 10.8. The number of nitro groups is 1. The van der Waals surface area contributed by atoms with Gasteiger partial charge in [0.2, 0.25) is 0 Å². The highest BCUT2D eigenvalue weighted by Gasteiger charge is 2.33. The Morgan fingerprint density at radius 1 is 1.31 bits per heavy atom. The third-order valence-electron chi connectivity index (χ3n) is 4.08. The fourth-order valence-corrected chi connectivity index (χ4v) is 2.79. The topological polar surface area (TPSA) is 72.7 Å². The third kappa shape index (κ3) is 4.29. The average Bonchev–Trinajstić information content (AvgIpc) is 3.44. The molecule has 0 aliphatic heterocycles. The molecule has 2 aromatic carbocycles. The number of carbonyl (C=O) groups is 1. The van der Waals surface area contributed by atoms with Crippen LogP contribution in [0.4, 0.5) is 10.1 Å². The van der Waals surface area contributed by atoms with E-state index in [2.05, 4.69) is 0 Å². The van der Waals surface area contributed by atoms with Crippen LogP contribution in [0, 0.1) is 15.9 Å². The summed E-state index contributed by atoms with van der Waals surface area (Å²) >= 11 is 5.96. The molecule has 0 radical (unpaired) electrons. The smallest absolute Gasteiger partial charge is 0.271 e. The zero-order valence-electron chi connectivity index (χ0n) is 13.7. The van der Waals surface area contributed by atoms with E-state index in [1.54, 1.807) is 23.1 Å². The summed E-state index contributed by atoms with van der Waals surface area (Å²) < 4.78 is 19.3. The average molecular weight is 379 g/mol. The van der Waals surface area contributed by atoms with Gasteiger partial charge < -0.3 is 9.64 Å². The SMILES string of the molecule is O=C(COc1ccc([N+](=O)[O-])cc1Cl)N(Cc1ccccc1F)C1CC1. The Bertz CT molecular complexity index is 842. The molecule has 0 atom stereocenters. The van der Waals surface area contributed by atoms with Crippen LogP contribution in [0.2, 0.25) is 5.02 Å². The number of non-ortho nitro benzene ring substituents is 1. The van der Waals surface area contributed by atoms with E-state index in [-0.39, 0.29) is 47.4 Å². The molecule has 0 unspecified atom stereocenters. The van der Waals surface area contributed by atoms with Gasteiger partial charge in [-0.1, -0.05) is 29.8 Å². The van der Waals surface area contributed by atoms with E-state index in [4.69, 9.17) is 16.3 Å². The molecule has 0 heterocycles. The van der Waals surface area contributed by atoms with Crippen LogP contribution in [-0.2, 0) is 11.3 Å². The summed E-state index contributed by atoms with van der Waals surface area (Å²) in [6.45, 7) is -0.101. The molecule has 26 heavy (non-hydrogen) atoms. The second-order valence-corrected chi connectivity index (χ2v) is 6.41. The number of rotatable bonds is 7. The number of hydrogen-bond acceptors (Lipinski definition) is 4. The van der Waals surface area contributed by atoms with E-state index in [1.807, 2.05) is 0 Å². The molecule has 1 aliphatic rings. The number of halogens is 2. The predicted octanol–water partition coefficient (Wildman–Crippen LogP) is 3.96. The molecule has 0 aromatic heterocycles. The van der Waals surface area contributed by atoms with Gasteiger partial charge in [0.1, 0.15) is 11.6 Å². The number of carbonyl (C=O) groups excluding carboxylic acids is 1. The maximum atomic E-state index is 13.9. The molecule has 0 N–H and O–H groups in total. The van der Waals surface area contributed by atoms with Gasteiger partial charge in [-0.3, -0.25) is 14.9 Å². The maximum absolute atomic E-state index is 13.9. The second kappa shape index (κ2) is 7.70. The predicted molar refractivity (Wildman–Crippen MR) is 93.6 cm³/mol. The fraction of sp³-hybridized carbons (Fsp3) is 0.278. The van der Waals surface area contributed by atoms with Crippen molar-refractivity contribution >= 4 is 23.2 Å². The summed E-state index contributed by atoms with van der Waals surface area (Å²) in [6.07, 6.45) is 1.75. The van der Waals surface area contributed by atoms with Crippen LogP contribution in [0.1, 0.15) is 18.4 Å². The highest BCUT2D eigenvalue weighted by atomic mass is 35.5. The first-order chi connectivity index (χ1) is 12.5. The van der Waals surface area contributed by atoms with Crippen LogP contribution < -0.4 is 4.74 Å². The van der Waals surface area contributed by atoms with Gasteiger partial charge in [0, 0.05) is 30.3 Å². The molecule has 1 aliphatic carbocycles. The first-order valence-corrected chi connectivity index (χ1v) is 8.43. The number of ether oxygens (including phenoxy) is 1. The van der Waals surface area contributed by atoms with Gasteiger partial charge in [-0.2, -0.15) is 0 Å². The largest absolute Gasteiger partial charge is 0.482 e. The van der Waals surface area contributed by atoms with Gasteiger partial charge >= 0.3 is 0 Å². The van der Waals surface area contributed by atoms with Crippen molar-refractivity contribution in [2.24, 2.45) is 0 Å². The minimum absolute atomic E-state index is 0.0547. The summed E-state index contributed by atoms with van der Waals surface area (Å²) in [6, 6.07) is 10.2. The minimum atomic E-state index is -0.565. The molecule has 6 nitrogen and oxygen atoms in total. The minimum Gasteiger partial charge on any atom is -0.482 e. The molecule has 0 saturated heterocycles. The molecule has 0 spiro atoms. The molecule has 8 heteroatoms. The number of benzene rings is 2. The highest BCUT2D eigenvalue weighted by Crippen LogP contribution is 2.31. The van der Waals surface area contributed by atoms with E-state index in [9.17, 15) is 19.3 Å². The molecule has 0 bridgehead atoms. The van der Waals surface area contributed by atoms with Crippen LogP contribution in [0.3, 0.4) is 0 Å². The Kier molecular flexibility index (Phi) is 5.37. The van der Waals surface area contributed by atoms with Gasteiger partial charge in [-0.15, -0.1) is 0 Å². The van der Waals surface area contributed by atoms with E-state index in [0.717, 1.165) is 12.8 Å². The molecule has 1 saturated carbocycles. The van der Waals surface area contributed by atoms with Gasteiger partial charge in [0.05, 0.1) is 9.95 Å². The number of nitrogens with zero attached hydrogens (tertiary/aromatic N) is 2. The lowest BCUT2D eigenvalue weighted by atomic mass is 10.2. The van der Waals surface area contributed by atoms with Crippen molar-refractivity contribution in [2.45, 2.75) is 25.4 Å². The van der Waals surface area contributed by atoms with Crippen molar-refractivity contribution in [2.75, 3.05) is 6.61 Å². The van der Waals surface area contributed by atoms with Crippen molar-refractivity contribution in [1.29, 1.82) is 0 Å². The molecular formula is C18H16ClFN2O4. The van der Waals surface area contributed by atoms with Crippen molar-refractivity contribution in [3.8, 4) is 5.75 Å². The van der Waals surface area contributed by atoms with Crippen LogP contribution in [0.5, 0.6) is 5.75 Å². The zero-order valence-corrected chi connectivity index (χ0v) is 14.5. The summed E-state index contributed by atoms with van der Waals surface area (Å²) in [4.78, 5) is 24.3. The Morgan fingerprint density at radius 2 is 2.04 bits per heavy atom. The Morgan fingerprint density at radius 3 is 2.65 bits per heavy atom. The van der Waals surface area contributed by atoms with E-state index < -0.39 is 4.92 Å². The monoisotopic (exact) mass is 378 g/mol. The molecule has 1 fully saturated rings. The maximum Gasteiger partial charge on any atom is 0.271 e. The molecule has 3 rings (SSSR count). The Hall–Kier alpha value is -2.67. The lowest BCUT2D eigenvalue weighted by molar-refractivity contribution is -0.384. The molecule has 1 amide bonds. The summed E-state index contributed by atoms with van der Waals surface area (Å²) in [5.41, 5.74) is 0.286. The zero-order chi connectivity index (χ0) is 18.7. The fourth-order valence-electron chi connectivity index (χ4n) is 2.56. The molecular weight excluding hydrogens is 363 g/mol. The first-order valence-electron chi connectivity index (χ1n) is 8.05. The quantitative estimate of drug-likeness (QED) is 0.540. The Balaban J connectivity index is 1.66. The lowest BCUT2D eigenvalue weighted by Gasteiger charge is -2.23. The van der Waals surface area contributed by atoms with Crippen LogP contribution in [0.15, 0.2) is 42.5 Å². The van der Waals surface area contributed by atoms with Crippen LogP contribution >= 0.6 is 11.6 Å². The van der Waals surface area contributed by atoms with E-state index in [1.165, 1.54) is 24.3 Å². The number of nitro benzene ring substituents is 1. The number of hydrogen-bond donors (Lipinski definition) is 0. The molecule has 2 aromatic rings. The lowest BCUT2D eigenvalue weighted by Crippen LogP contribution is -2.36. The highest BCUT2D eigenvalue weighted by molar-refractivity contribution is 6.32. The van der Waals surface area contributed by atoms with Crippen molar-refractivity contribution in [1.82, 2.24) is 4.90 Å². The molecule has 136 valence electrons. The Labute approximate surface area is 154 Å². The summed E-state index contributed by atoms with van der Waals surface area (Å²) in [7, 11) is 0. The standard InChI is InChI=1S/C18H16ClFN2O4/c19-15-9-14(22(24)25)7-8-17(15)26-11-18(23)21(13-5-6-13)10-12-3-1-2-4-16(12)20/h1-4,7-9,13H,5-6,10-11H2. The van der Waals surface area contributed by atoms with Gasteiger partial charge in [0.25, 0.3) is 11.6 Å². The summed E-state index contributed by atoms with van der Waals surface area (Å²) in [5.74, 6) is -0.456. The normalized spacial score (nSPS) is 13.3. The second-order valence-electron chi connectivity index (χ2n) is 6.00. The van der Waals surface area contributed by atoms with Crippen molar-refractivity contribution < 1.29 is 18.8 Å². The van der Waals surface area contributed by atoms with E-state index >= 15 is 0 Å². The van der Waals surface area contributed by atoms with Crippen molar-refractivity contribution in [3.05, 3.63) is 69.0 Å². The van der Waals surface area contributed by atoms with Gasteiger partial charge in [-0.05, 0) is 25.0 Å². The van der Waals surface area contributed by atoms with Crippen molar-refractivity contribution in [3.63, 3.8) is 0 Å². The van der Waals surface area contributed by atoms with Crippen LogP contribution in [0.25, 0.3) is 0 Å². The number of amides is 1. The van der Waals surface area contributed by atoms with E-state index in [0.29, 0.717) is 5.56 Å². The van der Waals surface area contributed by atoms with Crippen LogP contribution in [-0.4, -0.2) is 28.4 Å². The third-order valence-corrected chi connectivity index (χ3v) is 4.38. The van der Waals surface area contributed by atoms with Gasteiger partial charge in [0.15, 0.2) is 6.61 Å². The first kappa shape index (κ1) is 18.1.